The second-order valence-electron chi connectivity index (χ2n) is 4.47. The van der Waals surface area contributed by atoms with E-state index in [0.29, 0.717) is 5.69 Å². The van der Waals surface area contributed by atoms with E-state index in [-0.39, 0.29) is 24.1 Å². The quantitative estimate of drug-likeness (QED) is 0.821. The number of benzene rings is 1. The van der Waals surface area contributed by atoms with Gasteiger partial charge in [-0.1, -0.05) is 19.1 Å². The van der Waals surface area contributed by atoms with E-state index >= 15 is 0 Å². The lowest BCUT2D eigenvalue weighted by atomic mass is 10.1. The highest BCUT2D eigenvalue weighted by molar-refractivity contribution is 6.02. The molecule has 0 aromatic heterocycles. The predicted molar refractivity (Wildman–Crippen MR) is 74.6 cm³/mol. The zero-order valence-corrected chi connectivity index (χ0v) is 11.5. The number of aromatic carboxylic acids is 1. The molecule has 1 rings (SSSR count). The van der Waals surface area contributed by atoms with Gasteiger partial charge in [0.1, 0.15) is 0 Å². The largest absolute Gasteiger partial charge is 0.478 e. The SMILES string of the molecule is CCC(C)NCC(=O)N(C)c1ccccc1C(=O)O. The van der Waals surface area contributed by atoms with Gasteiger partial charge in [0.25, 0.3) is 0 Å². The van der Waals surface area contributed by atoms with Crippen molar-refractivity contribution < 1.29 is 14.7 Å². The fraction of sp³-hybridized carbons (Fsp3) is 0.429. The number of carbonyl (C=O) groups excluding carboxylic acids is 1. The van der Waals surface area contributed by atoms with Crippen LogP contribution in [0.25, 0.3) is 0 Å². The molecule has 0 heterocycles. The molecule has 5 heteroatoms. The number of nitrogens with zero attached hydrogens (tertiary/aromatic N) is 1. The second-order valence-corrected chi connectivity index (χ2v) is 4.47. The molecule has 0 radical (unpaired) electrons. The van der Waals surface area contributed by atoms with Crippen LogP contribution in [-0.2, 0) is 4.79 Å². The smallest absolute Gasteiger partial charge is 0.337 e. The molecule has 0 spiro atoms. The van der Waals surface area contributed by atoms with Gasteiger partial charge in [0.05, 0.1) is 17.8 Å². The Morgan fingerprint density at radius 3 is 2.58 bits per heavy atom. The molecule has 0 aliphatic heterocycles. The topological polar surface area (TPSA) is 69.6 Å². The van der Waals surface area contributed by atoms with Crippen LogP contribution < -0.4 is 10.2 Å². The minimum Gasteiger partial charge on any atom is -0.478 e. The minimum absolute atomic E-state index is 0.127. The highest BCUT2D eigenvalue weighted by Crippen LogP contribution is 2.19. The number of carbonyl (C=O) groups is 2. The third kappa shape index (κ3) is 4.06. The fourth-order valence-electron chi connectivity index (χ4n) is 1.61. The number of anilines is 1. The van der Waals surface area contributed by atoms with Crippen molar-refractivity contribution >= 4 is 17.6 Å². The summed E-state index contributed by atoms with van der Waals surface area (Å²) in [5.41, 5.74) is 0.535. The Hall–Kier alpha value is -1.88. The van der Waals surface area contributed by atoms with Crippen molar-refractivity contribution in [3.63, 3.8) is 0 Å². The van der Waals surface area contributed by atoms with Gasteiger partial charge < -0.3 is 15.3 Å². The van der Waals surface area contributed by atoms with Crippen LogP contribution in [0.4, 0.5) is 5.69 Å². The number of carboxylic acid groups (broad SMARTS) is 1. The van der Waals surface area contributed by atoms with Crippen molar-refractivity contribution in [2.24, 2.45) is 0 Å². The first kappa shape index (κ1) is 15.2. The lowest BCUT2D eigenvalue weighted by molar-refractivity contribution is -0.117. The Kier molecular flexibility index (Phi) is 5.51. The summed E-state index contributed by atoms with van der Waals surface area (Å²) in [7, 11) is 1.59. The van der Waals surface area contributed by atoms with Crippen molar-refractivity contribution in [2.45, 2.75) is 26.3 Å². The van der Waals surface area contributed by atoms with E-state index in [2.05, 4.69) is 5.32 Å². The number of nitrogens with one attached hydrogen (secondary N) is 1. The Labute approximate surface area is 113 Å². The molecule has 1 aromatic rings. The number of amides is 1. The van der Waals surface area contributed by atoms with Gasteiger partial charge in [-0.05, 0) is 25.5 Å². The highest BCUT2D eigenvalue weighted by Gasteiger charge is 2.17. The molecule has 1 amide bonds. The van der Waals surface area contributed by atoms with Crippen molar-refractivity contribution in [3.8, 4) is 0 Å². The molecule has 1 unspecified atom stereocenters. The number of rotatable bonds is 6. The number of hydrogen-bond donors (Lipinski definition) is 2. The molecule has 0 saturated carbocycles. The van der Waals surface area contributed by atoms with Crippen molar-refractivity contribution in [2.75, 3.05) is 18.5 Å². The number of carboxylic acids is 1. The molecular weight excluding hydrogens is 244 g/mol. The first-order valence-corrected chi connectivity index (χ1v) is 6.29. The first-order chi connectivity index (χ1) is 8.97. The highest BCUT2D eigenvalue weighted by atomic mass is 16.4. The fourth-order valence-corrected chi connectivity index (χ4v) is 1.61. The van der Waals surface area contributed by atoms with Crippen LogP contribution in [0.5, 0.6) is 0 Å². The monoisotopic (exact) mass is 264 g/mol. The first-order valence-electron chi connectivity index (χ1n) is 6.29. The second kappa shape index (κ2) is 6.89. The third-order valence-corrected chi connectivity index (χ3v) is 3.08. The molecule has 19 heavy (non-hydrogen) atoms. The Morgan fingerprint density at radius 1 is 1.37 bits per heavy atom. The molecule has 1 aromatic carbocycles. The Morgan fingerprint density at radius 2 is 2.00 bits per heavy atom. The molecule has 5 nitrogen and oxygen atoms in total. The van der Waals surface area contributed by atoms with E-state index in [1.165, 1.54) is 11.0 Å². The molecule has 0 aliphatic carbocycles. The van der Waals surface area contributed by atoms with Gasteiger partial charge in [-0.25, -0.2) is 4.79 Å². The van der Waals surface area contributed by atoms with Crippen LogP contribution in [0.3, 0.4) is 0 Å². The van der Waals surface area contributed by atoms with E-state index in [1.807, 2.05) is 13.8 Å². The molecule has 104 valence electrons. The minimum atomic E-state index is -1.04. The molecule has 0 aliphatic rings. The van der Waals surface area contributed by atoms with Crippen molar-refractivity contribution in [3.05, 3.63) is 29.8 Å². The summed E-state index contributed by atoms with van der Waals surface area (Å²) in [6.45, 7) is 4.23. The summed E-state index contributed by atoms with van der Waals surface area (Å²) in [5.74, 6) is -1.20. The molecule has 2 N–H and O–H groups in total. The average Bonchev–Trinajstić information content (AvgIpc) is 2.43. The van der Waals surface area contributed by atoms with E-state index in [9.17, 15) is 9.59 Å². The van der Waals surface area contributed by atoms with Gasteiger partial charge in [-0.3, -0.25) is 4.79 Å². The van der Waals surface area contributed by atoms with Crippen LogP contribution in [-0.4, -0.2) is 36.6 Å². The molecule has 0 bridgehead atoms. The van der Waals surface area contributed by atoms with Gasteiger partial charge in [0.15, 0.2) is 0 Å². The number of para-hydroxylation sites is 1. The van der Waals surface area contributed by atoms with E-state index in [4.69, 9.17) is 5.11 Å². The van der Waals surface area contributed by atoms with E-state index in [0.717, 1.165) is 6.42 Å². The molecule has 1 atom stereocenters. The lowest BCUT2D eigenvalue weighted by Gasteiger charge is -2.20. The van der Waals surface area contributed by atoms with Crippen LogP contribution in [0, 0.1) is 0 Å². The van der Waals surface area contributed by atoms with Crippen molar-refractivity contribution in [1.29, 1.82) is 0 Å². The van der Waals surface area contributed by atoms with Gasteiger partial charge >= 0.3 is 5.97 Å². The molecular formula is C14H20N2O3. The third-order valence-electron chi connectivity index (χ3n) is 3.08. The zero-order valence-electron chi connectivity index (χ0n) is 11.5. The van der Waals surface area contributed by atoms with Gasteiger partial charge in [0.2, 0.25) is 5.91 Å². The van der Waals surface area contributed by atoms with Gasteiger partial charge in [0, 0.05) is 13.1 Å². The van der Waals surface area contributed by atoms with Crippen molar-refractivity contribution in [1.82, 2.24) is 5.32 Å². The number of hydrogen-bond acceptors (Lipinski definition) is 3. The van der Waals surface area contributed by atoms with Crippen LogP contribution in [0.15, 0.2) is 24.3 Å². The normalized spacial score (nSPS) is 11.9. The van der Waals surface area contributed by atoms with E-state index < -0.39 is 5.97 Å². The maximum Gasteiger partial charge on any atom is 0.337 e. The standard InChI is InChI=1S/C14H20N2O3/c1-4-10(2)15-9-13(17)16(3)12-8-6-5-7-11(12)14(18)19/h5-8,10,15H,4,9H2,1-3H3,(H,18,19). The summed E-state index contributed by atoms with van der Waals surface area (Å²) < 4.78 is 0. The van der Waals surface area contributed by atoms with Crippen LogP contribution in [0.2, 0.25) is 0 Å². The molecule has 0 fully saturated rings. The number of likely N-dealkylation sites (N-methyl/N-ethyl adjacent to an activating group) is 1. The molecule has 0 saturated heterocycles. The Bertz CT molecular complexity index is 460. The lowest BCUT2D eigenvalue weighted by Crippen LogP contribution is -2.39. The van der Waals surface area contributed by atoms with E-state index in [1.54, 1.807) is 25.2 Å². The predicted octanol–water partition coefficient (Wildman–Crippen LogP) is 1.74. The summed E-state index contributed by atoms with van der Waals surface area (Å²) in [4.78, 5) is 24.5. The summed E-state index contributed by atoms with van der Waals surface area (Å²) in [6.07, 6.45) is 0.933. The zero-order chi connectivity index (χ0) is 14.4. The van der Waals surface area contributed by atoms with Crippen LogP contribution >= 0.6 is 0 Å². The summed E-state index contributed by atoms with van der Waals surface area (Å²) in [6, 6.07) is 6.73. The maximum absolute atomic E-state index is 12.0. The summed E-state index contributed by atoms with van der Waals surface area (Å²) in [5, 5.41) is 12.2. The van der Waals surface area contributed by atoms with Gasteiger partial charge in [-0.15, -0.1) is 0 Å². The maximum atomic E-state index is 12.0. The van der Waals surface area contributed by atoms with Gasteiger partial charge in [-0.2, -0.15) is 0 Å². The summed E-state index contributed by atoms with van der Waals surface area (Å²) >= 11 is 0. The van der Waals surface area contributed by atoms with Crippen LogP contribution in [0.1, 0.15) is 30.6 Å². The Balaban J connectivity index is 2.80. The average molecular weight is 264 g/mol.